The number of Topliss-reactive ketones (excluding diaryl/α,β-unsaturated/α-hetero) is 1. The number of aromatic amines is 1. The lowest BCUT2D eigenvalue weighted by atomic mass is 9.81. The Bertz CT molecular complexity index is 901. The highest BCUT2D eigenvalue weighted by Crippen LogP contribution is 2.35. The first-order valence-electron chi connectivity index (χ1n) is 11.6. The van der Waals surface area contributed by atoms with Gasteiger partial charge in [0, 0.05) is 17.7 Å². The van der Waals surface area contributed by atoms with E-state index < -0.39 is 0 Å². The number of hydrogen-bond donors (Lipinski definition) is 1. The maximum Gasteiger partial charge on any atom is 0.355 e. The average molecular weight is 408 g/mol. The molecule has 1 N–H and O–H groups in total. The van der Waals surface area contributed by atoms with E-state index in [0.717, 1.165) is 49.8 Å². The summed E-state index contributed by atoms with van der Waals surface area (Å²) in [6.45, 7) is 4.02. The molecule has 1 heterocycles. The highest BCUT2D eigenvalue weighted by molar-refractivity contribution is 6.03. The summed E-state index contributed by atoms with van der Waals surface area (Å²) in [4.78, 5) is 29.1. The SMILES string of the molecule is CCc1ccc(C2CC(=O)c3c([nH]c(C(=O)OC4CCCCCCC4)c3C)C2)cc1. The fraction of sp³-hybridized carbons (Fsp3) is 0.538. The van der Waals surface area contributed by atoms with Crippen molar-refractivity contribution in [1.82, 2.24) is 4.98 Å². The number of esters is 1. The van der Waals surface area contributed by atoms with Gasteiger partial charge in [0.1, 0.15) is 11.8 Å². The predicted octanol–water partition coefficient (Wildman–Crippen LogP) is 6.07. The molecule has 0 radical (unpaired) electrons. The average Bonchev–Trinajstić information content (AvgIpc) is 3.07. The second kappa shape index (κ2) is 9.20. The third-order valence-corrected chi connectivity index (χ3v) is 6.88. The topological polar surface area (TPSA) is 59.2 Å². The van der Waals surface area contributed by atoms with Crippen LogP contribution in [0, 0.1) is 6.92 Å². The number of aryl methyl sites for hydroxylation is 1. The van der Waals surface area contributed by atoms with Gasteiger partial charge in [0.05, 0.1) is 0 Å². The van der Waals surface area contributed by atoms with Crippen molar-refractivity contribution >= 4 is 11.8 Å². The molecule has 1 atom stereocenters. The standard InChI is InChI=1S/C26H33NO3/c1-3-18-11-13-19(14-12-18)20-15-22-24(23(28)16-20)17(2)25(27-22)26(29)30-21-9-7-5-4-6-8-10-21/h11-14,20-21,27H,3-10,15-16H2,1-2H3. The Morgan fingerprint density at radius 3 is 2.37 bits per heavy atom. The molecule has 1 saturated carbocycles. The number of hydrogen-bond acceptors (Lipinski definition) is 3. The fourth-order valence-electron chi connectivity index (χ4n) is 5.05. The van der Waals surface area contributed by atoms with Crippen LogP contribution in [0.4, 0.5) is 0 Å². The molecule has 0 amide bonds. The van der Waals surface area contributed by atoms with Gasteiger partial charge in [-0.25, -0.2) is 4.79 Å². The van der Waals surface area contributed by atoms with Crippen LogP contribution in [-0.2, 0) is 17.6 Å². The zero-order valence-corrected chi connectivity index (χ0v) is 18.3. The maximum absolute atomic E-state index is 13.0. The molecule has 1 unspecified atom stereocenters. The number of aromatic nitrogens is 1. The van der Waals surface area contributed by atoms with Gasteiger partial charge in [-0.15, -0.1) is 0 Å². The van der Waals surface area contributed by atoms with Gasteiger partial charge in [-0.05, 0) is 68.1 Å². The molecule has 160 valence electrons. The summed E-state index contributed by atoms with van der Waals surface area (Å²) in [5.41, 5.74) is 5.32. The molecule has 4 nitrogen and oxygen atoms in total. The molecule has 2 aliphatic rings. The van der Waals surface area contributed by atoms with E-state index in [4.69, 9.17) is 4.74 Å². The first kappa shape index (κ1) is 20.9. The summed E-state index contributed by atoms with van der Waals surface area (Å²) in [7, 11) is 0. The molecule has 1 fully saturated rings. The van der Waals surface area contributed by atoms with E-state index in [9.17, 15) is 9.59 Å². The van der Waals surface area contributed by atoms with E-state index in [-0.39, 0.29) is 23.8 Å². The number of fused-ring (bicyclic) bond motifs is 1. The minimum atomic E-state index is -0.302. The largest absolute Gasteiger partial charge is 0.458 e. The quantitative estimate of drug-likeness (QED) is 0.626. The molecule has 0 spiro atoms. The molecule has 30 heavy (non-hydrogen) atoms. The van der Waals surface area contributed by atoms with Gasteiger partial charge >= 0.3 is 5.97 Å². The van der Waals surface area contributed by atoms with Crippen LogP contribution in [0.25, 0.3) is 0 Å². The number of carbonyl (C=O) groups excluding carboxylic acids is 2. The summed E-state index contributed by atoms with van der Waals surface area (Å²) < 4.78 is 5.86. The van der Waals surface area contributed by atoms with E-state index in [1.807, 2.05) is 6.92 Å². The van der Waals surface area contributed by atoms with Crippen molar-refractivity contribution in [2.24, 2.45) is 0 Å². The van der Waals surface area contributed by atoms with Crippen LogP contribution < -0.4 is 0 Å². The zero-order chi connectivity index (χ0) is 21.1. The molecular formula is C26H33NO3. The van der Waals surface area contributed by atoms with Crippen LogP contribution in [0.15, 0.2) is 24.3 Å². The number of H-pyrrole nitrogens is 1. The summed E-state index contributed by atoms with van der Waals surface area (Å²) in [6.07, 6.45) is 10.1. The number of rotatable bonds is 4. The second-order valence-electron chi connectivity index (χ2n) is 8.97. The summed E-state index contributed by atoms with van der Waals surface area (Å²) in [5.74, 6) is -0.0212. The lowest BCUT2D eigenvalue weighted by molar-refractivity contribution is 0.0232. The molecule has 2 aliphatic carbocycles. The third kappa shape index (κ3) is 4.38. The van der Waals surface area contributed by atoms with E-state index in [0.29, 0.717) is 17.7 Å². The molecular weight excluding hydrogens is 374 g/mol. The third-order valence-electron chi connectivity index (χ3n) is 6.88. The van der Waals surface area contributed by atoms with Crippen molar-refractivity contribution in [3.63, 3.8) is 0 Å². The number of nitrogens with one attached hydrogen (secondary N) is 1. The molecule has 4 rings (SSSR count). The minimum absolute atomic E-state index is 0.00180. The number of ether oxygens (including phenoxy) is 1. The van der Waals surface area contributed by atoms with Gasteiger partial charge < -0.3 is 9.72 Å². The smallest absolute Gasteiger partial charge is 0.355 e. The van der Waals surface area contributed by atoms with Crippen LogP contribution in [0.5, 0.6) is 0 Å². The van der Waals surface area contributed by atoms with Gasteiger partial charge in [-0.3, -0.25) is 4.79 Å². The Hall–Kier alpha value is -2.36. The molecule has 1 aromatic heterocycles. The van der Waals surface area contributed by atoms with Crippen LogP contribution in [0.1, 0.15) is 107 Å². The van der Waals surface area contributed by atoms with E-state index in [1.54, 1.807) is 0 Å². The molecule has 0 aliphatic heterocycles. The fourth-order valence-corrected chi connectivity index (χ4v) is 5.05. The van der Waals surface area contributed by atoms with Crippen molar-refractivity contribution in [3.05, 3.63) is 57.9 Å². The molecule has 4 heteroatoms. The summed E-state index contributed by atoms with van der Waals surface area (Å²) in [6, 6.07) is 8.57. The lowest BCUT2D eigenvalue weighted by Crippen LogP contribution is -2.20. The Balaban J connectivity index is 1.51. The van der Waals surface area contributed by atoms with Gasteiger partial charge in [0.15, 0.2) is 5.78 Å². The highest BCUT2D eigenvalue weighted by atomic mass is 16.5. The molecule has 1 aromatic carbocycles. The molecule has 0 saturated heterocycles. The molecule has 2 aromatic rings. The number of ketones is 1. The normalized spacial score (nSPS) is 20.3. The second-order valence-corrected chi connectivity index (χ2v) is 8.97. The van der Waals surface area contributed by atoms with E-state index >= 15 is 0 Å². The Kier molecular flexibility index (Phi) is 6.40. The van der Waals surface area contributed by atoms with Crippen molar-refractivity contribution in [2.75, 3.05) is 0 Å². The first-order valence-corrected chi connectivity index (χ1v) is 11.6. The van der Waals surface area contributed by atoms with Crippen LogP contribution >= 0.6 is 0 Å². The van der Waals surface area contributed by atoms with E-state index in [1.165, 1.54) is 30.4 Å². The van der Waals surface area contributed by atoms with Crippen LogP contribution in [0.3, 0.4) is 0 Å². The number of benzene rings is 1. The van der Waals surface area contributed by atoms with Gasteiger partial charge in [0.2, 0.25) is 0 Å². The van der Waals surface area contributed by atoms with Gasteiger partial charge in [-0.2, -0.15) is 0 Å². The van der Waals surface area contributed by atoms with Gasteiger partial charge in [-0.1, -0.05) is 50.5 Å². The molecule has 0 bridgehead atoms. The lowest BCUT2D eigenvalue weighted by Gasteiger charge is -2.22. The predicted molar refractivity (Wildman–Crippen MR) is 118 cm³/mol. The summed E-state index contributed by atoms with van der Waals surface area (Å²) >= 11 is 0. The monoisotopic (exact) mass is 407 g/mol. The first-order chi connectivity index (χ1) is 14.6. The maximum atomic E-state index is 13.0. The minimum Gasteiger partial charge on any atom is -0.458 e. The van der Waals surface area contributed by atoms with Crippen molar-refractivity contribution in [3.8, 4) is 0 Å². The summed E-state index contributed by atoms with van der Waals surface area (Å²) in [5, 5.41) is 0. The Morgan fingerprint density at radius 1 is 1.03 bits per heavy atom. The van der Waals surface area contributed by atoms with E-state index in [2.05, 4.69) is 36.2 Å². The highest BCUT2D eigenvalue weighted by Gasteiger charge is 2.32. The Morgan fingerprint density at radius 2 is 1.70 bits per heavy atom. The van der Waals surface area contributed by atoms with Crippen LogP contribution in [0.2, 0.25) is 0 Å². The van der Waals surface area contributed by atoms with Crippen LogP contribution in [-0.4, -0.2) is 22.8 Å². The Labute approximate surface area is 179 Å². The van der Waals surface area contributed by atoms with Crippen molar-refractivity contribution in [2.45, 2.75) is 90.1 Å². The van der Waals surface area contributed by atoms with Crippen molar-refractivity contribution in [1.29, 1.82) is 0 Å². The number of carbonyl (C=O) groups is 2. The van der Waals surface area contributed by atoms with Crippen molar-refractivity contribution < 1.29 is 14.3 Å². The zero-order valence-electron chi connectivity index (χ0n) is 18.3. The van der Waals surface area contributed by atoms with Gasteiger partial charge in [0.25, 0.3) is 0 Å².